The first-order valence-corrected chi connectivity index (χ1v) is 16.4. The van der Waals surface area contributed by atoms with Gasteiger partial charge in [0.2, 0.25) is 15.9 Å². The number of alkyl halides is 2. The van der Waals surface area contributed by atoms with Crippen molar-refractivity contribution in [3.05, 3.63) is 66.2 Å². The average molecular weight is 614 g/mol. The number of ether oxygens (including phenoxy) is 2. The summed E-state index contributed by atoms with van der Waals surface area (Å²) in [4.78, 5) is 15.2. The largest absolute Gasteiger partial charge is 0.497 e. The van der Waals surface area contributed by atoms with Crippen LogP contribution in [0.5, 0.6) is 11.5 Å². The molecule has 0 radical (unpaired) electrons. The van der Waals surface area contributed by atoms with E-state index in [0.29, 0.717) is 42.6 Å². The molecule has 6 rings (SSSR count). The number of hydrogen-bond acceptors (Lipinski definition) is 6. The molecule has 43 heavy (non-hydrogen) atoms. The van der Waals surface area contributed by atoms with Gasteiger partial charge in [-0.15, -0.1) is 0 Å². The number of rotatable bonds is 9. The molecule has 230 valence electrons. The third-order valence-electron chi connectivity index (χ3n) is 9.08. The van der Waals surface area contributed by atoms with Crippen LogP contribution in [0.25, 0.3) is 10.8 Å². The van der Waals surface area contributed by atoms with Crippen LogP contribution < -0.4 is 19.9 Å². The van der Waals surface area contributed by atoms with E-state index in [1.807, 2.05) is 6.07 Å². The summed E-state index contributed by atoms with van der Waals surface area (Å²) < 4.78 is 73.2. The number of amides is 1. The standard InChI is InChI=1S/C32H37F2N3O5S/c1-41-26-13-8-22(9-14-26)32(33,34)30(31(38)37-24-10-11-25(37)19-23(35)18-24)36-43(39,40)29-15-7-20-16-28(12-6-21(20)17-29)42-27-4-2-3-5-27/h6-9,12-17,23-25,27,30,36H,2-5,10-11,18-19,35H2,1H3/t23?,24?,25?,30-/m1/s1. The fourth-order valence-corrected chi connectivity index (χ4v) is 8.08. The molecule has 3 fully saturated rings. The highest BCUT2D eigenvalue weighted by molar-refractivity contribution is 7.89. The smallest absolute Gasteiger partial charge is 0.298 e. The van der Waals surface area contributed by atoms with Gasteiger partial charge in [-0.3, -0.25) is 4.79 Å². The van der Waals surface area contributed by atoms with E-state index in [9.17, 15) is 13.2 Å². The zero-order valence-corrected chi connectivity index (χ0v) is 24.9. The van der Waals surface area contributed by atoms with E-state index in [1.54, 1.807) is 18.2 Å². The summed E-state index contributed by atoms with van der Waals surface area (Å²) in [6.07, 6.45) is 6.75. The number of nitrogens with zero attached hydrogens (tertiary/aromatic N) is 1. The van der Waals surface area contributed by atoms with Crippen molar-refractivity contribution >= 4 is 26.7 Å². The molecular formula is C32H37F2N3O5S. The Morgan fingerprint density at radius 2 is 1.53 bits per heavy atom. The fraction of sp³-hybridized carbons (Fsp3) is 0.469. The molecule has 3 aliphatic rings. The normalized spacial score (nSPS) is 23.4. The molecule has 2 heterocycles. The number of nitrogens with one attached hydrogen (secondary N) is 1. The number of halogens is 2. The minimum atomic E-state index is -4.55. The Bertz CT molecular complexity index is 1580. The molecule has 3 atom stereocenters. The van der Waals surface area contributed by atoms with Crippen LogP contribution in [0.4, 0.5) is 8.78 Å². The molecule has 3 aromatic carbocycles. The van der Waals surface area contributed by atoms with E-state index in [0.717, 1.165) is 43.2 Å². The first-order chi connectivity index (χ1) is 20.5. The highest BCUT2D eigenvalue weighted by Crippen LogP contribution is 2.40. The molecule has 2 bridgehead atoms. The van der Waals surface area contributed by atoms with Crippen LogP contribution in [0.15, 0.2) is 65.6 Å². The molecule has 3 N–H and O–H groups in total. The highest BCUT2D eigenvalue weighted by atomic mass is 32.2. The van der Waals surface area contributed by atoms with Gasteiger partial charge in [0.15, 0.2) is 6.04 Å². The summed E-state index contributed by atoms with van der Waals surface area (Å²) in [7, 11) is -3.14. The van der Waals surface area contributed by atoms with Crippen molar-refractivity contribution < 1.29 is 31.5 Å². The van der Waals surface area contributed by atoms with Crippen LogP contribution in [0, 0.1) is 0 Å². The number of carbonyl (C=O) groups is 1. The van der Waals surface area contributed by atoms with E-state index in [4.69, 9.17) is 15.2 Å². The van der Waals surface area contributed by atoms with E-state index in [1.165, 1.54) is 36.3 Å². The van der Waals surface area contributed by atoms with Crippen LogP contribution in [-0.2, 0) is 20.7 Å². The molecule has 2 unspecified atom stereocenters. The lowest BCUT2D eigenvalue weighted by Crippen LogP contribution is -2.60. The molecule has 0 spiro atoms. The quantitative estimate of drug-likeness (QED) is 0.348. The van der Waals surface area contributed by atoms with Gasteiger partial charge in [0, 0.05) is 23.7 Å². The minimum absolute atomic E-state index is 0.125. The van der Waals surface area contributed by atoms with Crippen LogP contribution in [0.1, 0.15) is 56.9 Å². The van der Waals surface area contributed by atoms with Crippen LogP contribution in [0.2, 0.25) is 0 Å². The Labute approximate surface area is 250 Å². The number of methoxy groups -OCH3 is 1. The number of hydrogen-bond donors (Lipinski definition) is 2. The zero-order valence-electron chi connectivity index (χ0n) is 24.0. The topological polar surface area (TPSA) is 111 Å². The van der Waals surface area contributed by atoms with Gasteiger partial charge < -0.3 is 20.1 Å². The van der Waals surface area contributed by atoms with Gasteiger partial charge in [0.05, 0.1) is 18.1 Å². The Balaban J connectivity index is 1.31. The minimum Gasteiger partial charge on any atom is -0.497 e. The second-order valence-electron chi connectivity index (χ2n) is 12.0. The molecule has 2 saturated heterocycles. The van der Waals surface area contributed by atoms with Crippen LogP contribution in [0.3, 0.4) is 0 Å². The Morgan fingerprint density at radius 3 is 2.19 bits per heavy atom. The second-order valence-corrected chi connectivity index (χ2v) is 13.7. The van der Waals surface area contributed by atoms with Crippen molar-refractivity contribution in [1.82, 2.24) is 9.62 Å². The van der Waals surface area contributed by atoms with Crippen molar-refractivity contribution in [1.29, 1.82) is 0 Å². The van der Waals surface area contributed by atoms with E-state index in [-0.39, 0.29) is 29.1 Å². The van der Waals surface area contributed by atoms with Gasteiger partial charge in [0.25, 0.3) is 5.92 Å². The van der Waals surface area contributed by atoms with Gasteiger partial charge in [-0.1, -0.05) is 12.1 Å². The SMILES string of the molecule is COc1ccc(C(F)(F)[C@H](NS(=O)(=O)c2ccc3cc(OC4CCCC4)ccc3c2)C(=O)N2C3CCC2CC(N)C3)cc1. The Morgan fingerprint density at radius 1 is 0.930 bits per heavy atom. The van der Waals surface area contributed by atoms with Gasteiger partial charge in [0.1, 0.15) is 11.5 Å². The molecular weight excluding hydrogens is 576 g/mol. The Hall–Kier alpha value is -3.28. The summed E-state index contributed by atoms with van der Waals surface area (Å²) in [5.74, 6) is -3.75. The lowest BCUT2D eigenvalue weighted by atomic mass is 9.94. The maximum Gasteiger partial charge on any atom is 0.298 e. The number of fused-ring (bicyclic) bond motifs is 3. The molecule has 11 heteroatoms. The number of nitrogens with two attached hydrogens (primary N) is 1. The first kappa shape index (κ1) is 29.8. The summed E-state index contributed by atoms with van der Waals surface area (Å²) in [5, 5.41) is 1.36. The molecule has 1 amide bonds. The number of carbonyl (C=O) groups excluding carboxylic acids is 1. The lowest BCUT2D eigenvalue weighted by Gasteiger charge is -2.41. The van der Waals surface area contributed by atoms with Gasteiger partial charge in [-0.05, 0) is 111 Å². The van der Waals surface area contributed by atoms with E-state index in [2.05, 4.69) is 4.72 Å². The predicted molar refractivity (Wildman–Crippen MR) is 159 cm³/mol. The molecule has 1 aliphatic carbocycles. The average Bonchev–Trinajstić information content (AvgIpc) is 3.60. The van der Waals surface area contributed by atoms with Gasteiger partial charge >= 0.3 is 0 Å². The molecule has 8 nitrogen and oxygen atoms in total. The summed E-state index contributed by atoms with van der Waals surface area (Å²) in [6.45, 7) is 0. The van der Waals surface area contributed by atoms with Gasteiger partial charge in [-0.2, -0.15) is 13.5 Å². The zero-order chi connectivity index (χ0) is 30.4. The maximum absolute atomic E-state index is 16.3. The van der Waals surface area contributed by atoms with Crippen LogP contribution in [-0.4, -0.2) is 56.6 Å². The molecule has 0 aromatic heterocycles. The van der Waals surface area contributed by atoms with Crippen molar-refractivity contribution in [3.63, 3.8) is 0 Å². The van der Waals surface area contributed by atoms with Crippen molar-refractivity contribution in [2.75, 3.05) is 7.11 Å². The summed E-state index contributed by atoms with van der Waals surface area (Å²) in [6, 6.07) is 11.7. The fourth-order valence-electron chi connectivity index (χ4n) is 6.85. The van der Waals surface area contributed by atoms with Crippen molar-refractivity contribution in [2.45, 2.75) is 92.5 Å². The predicted octanol–water partition coefficient (Wildman–Crippen LogP) is 5.09. The summed E-state index contributed by atoms with van der Waals surface area (Å²) >= 11 is 0. The highest BCUT2D eigenvalue weighted by Gasteiger charge is 2.53. The Kier molecular flexibility index (Phi) is 8.08. The van der Waals surface area contributed by atoms with Crippen molar-refractivity contribution in [3.8, 4) is 11.5 Å². The van der Waals surface area contributed by atoms with Gasteiger partial charge in [-0.25, -0.2) is 8.42 Å². The van der Waals surface area contributed by atoms with Crippen molar-refractivity contribution in [2.24, 2.45) is 5.73 Å². The molecule has 1 saturated carbocycles. The maximum atomic E-state index is 16.3. The third kappa shape index (κ3) is 5.94. The van der Waals surface area contributed by atoms with E-state index >= 15 is 8.78 Å². The second kappa shape index (κ2) is 11.7. The number of piperidine rings is 1. The summed E-state index contributed by atoms with van der Waals surface area (Å²) in [5.41, 5.74) is 5.66. The van der Waals surface area contributed by atoms with E-state index < -0.39 is 33.5 Å². The number of sulfonamides is 1. The molecule has 2 aliphatic heterocycles. The monoisotopic (exact) mass is 613 g/mol. The number of benzene rings is 3. The first-order valence-electron chi connectivity index (χ1n) is 14.9. The third-order valence-corrected chi connectivity index (χ3v) is 10.5. The molecule has 3 aromatic rings. The van der Waals surface area contributed by atoms with Crippen LogP contribution >= 0.6 is 0 Å². The lowest BCUT2D eigenvalue weighted by molar-refractivity contribution is -0.149.